The van der Waals surface area contributed by atoms with Crippen LogP contribution in [-0.2, 0) is 15.6 Å². The molecule has 1 N–H and O–H groups in total. The van der Waals surface area contributed by atoms with E-state index in [2.05, 4.69) is 45.9 Å². The van der Waals surface area contributed by atoms with E-state index in [1.807, 2.05) is 6.07 Å². The zero-order valence-corrected chi connectivity index (χ0v) is 23.4. The average molecular weight is 508 g/mol. The zero-order valence-electron chi connectivity index (χ0n) is 20.7. The van der Waals surface area contributed by atoms with Gasteiger partial charge in [0, 0.05) is 11.4 Å². The predicted molar refractivity (Wildman–Crippen MR) is 145 cm³/mol. The van der Waals surface area contributed by atoms with Gasteiger partial charge in [-0.1, -0.05) is 95.2 Å². The van der Waals surface area contributed by atoms with Crippen molar-refractivity contribution in [3.05, 3.63) is 35.4 Å². The Bertz CT molecular complexity index is 808. The Morgan fingerprint density at radius 3 is 2.58 bits per heavy atom. The molecular weight excluding hydrogens is 467 g/mol. The van der Waals surface area contributed by atoms with Gasteiger partial charge < -0.3 is 9.53 Å². The predicted octanol–water partition coefficient (Wildman–Crippen LogP) is 6.62. The van der Waals surface area contributed by atoms with Crippen LogP contribution in [0.15, 0.2) is 24.3 Å². The van der Waals surface area contributed by atoms with E-state index < -0.39 is 14.4 Å². The van der Waals surface area contributed by atoms with Crippen LogP contribution in [0.2, 0.25) is 18.1 Å². The molecule has 1 saturated heterocycles. The van der Waals surface area contributed by atoms with Gasteiger partial charge in [-0.05, 0) is 48.5 Å². The molecule has 0 unspecified atom stereocenters. The van der Waals surface area contributed by atoms with Gasteiger partial charge in [-0.2, -0.15) is 0 Å². The second-order valence-corrected chi connectivity index (χ2v) is 16.2. The SMILES string of the molecule is CCCCC[C@H](C[C@H](O)CC(=O)N1C(=S)S[C@H]2Cc3ccccc3[C@H]21)O[Si](CC)(CC)CC. The third-order valence-electron chi connectivity index (χ3n) is 7.57. The Morgan fingerprint density at radius 2 is 1.91 bits per heavy atom. The summed E-state index contributed by atoms with van der Waals surface area (Å²) in [5.41, 5.74) is 2.52. The molecule has 7 heteroatoms. The van der Waals surface area contributed by atoms with E-state index in [1.54, 1.807) is 16.7 Å². The van der Waals surface area contributed by atoms with Crippen LogP contribution in [0.25, 0.3) is 0 Å². The fourth-order valence-electron chi connectivity index (χ4n) is 5.39. The highest BCUT2D eigenvalue weighted by molar-refractivity contribution is 8.23. The number of fused-ring (bicyclic) bond motifs is 3. The van der Waals surface area contributed by atoms with Crippen molar-refractivity contribution < 1.29 is 14.3 Å². The highest BCUT2D eigenvalue weighted by Crippen LogP contribution is 2.49. The first kappa shape index (κ1) is 26.9. The second-order valence-electron chi connectivity index (χ2n) is 9.61. The monoisotopic (exact) mass is 507 g/mol. The molecule has 1 fully saturated rings. The summed E-state index contributed by atoms with van der Waals surface area (Å²) in [5, 5.41) is 11.3. The van der Waals surface area contributed by atoms with Crippen LogP contribution in [0.3, 0.4) is 0 Å². The van der Waals surface area contributed by atoms with Gasteiger partial charge in [-0.15, -0.1) is 0 Å². The lowest BCUT2D eigenvalue weighted by Gasteiger charge is -2.34. The quantitative estimate of drug-likeness (QED) is 0.185. The highest BCUT2D eigenvalue weighted by Gasteiger charge is 2.47. The van der Waals surface area contributed by atoms with Crippen molar-refractivity contribution in [3.63, 3.8) is 0 Å². The number of nitrogens with zero attached hydrogens (tertiary/aromatic N) is 1. The topological polar surface area (TPSA) is 49.8 Å². The van der Waals surface area contributed by atoms with Gasteiger partial charge in [0.05, 0.1) is 18.6 Å². The maximum absolute atomic E-state index is 13.3. The molecule has 1 aliphatic carbocycles. The number of carbonyl (C=O) groups is 1. The number of carbonyl (C=O) groups excluding carboxylic acids is 1. The van der Waals surface area contributed by atoms with E-state index >= 15 is 0 Å². The average Bonchev–Trinajstić information content (AvgIpc) is 3.31. The molecular formula is C26H41NO3S2Si. The summed E-state index contributed by atoms with van der Waals surface area (Å²) in [6.07, 6.45) is 5.33. The Balaban J connectivity index is 1.66. The summed E-state index contributed by atoms with van der Waals surface area (Å²) in [6.45, 7) is 8.93. The summed E-state index contributed by atoms with van der Waals surface area (Å²) in [5.74, 6) is -0.0542. The number of unbranched alkanes of at least 4 members (excludes halogenated alkanes) is 2. The largest absolute Gasteiger partial charge is 0.414 e. The van der Waals surface area contributed by atoms with Crippen molar-refractivity contribution in [2.45, 2.75) is 114 Å². The van der Waals surface area contributed by atoms with Crippen molar-refractivity contribution in [2.75, 3.05) is 0 Å². The van der Waals surface area contributed by atoms with E-state index in [1.165, 1.54) is 24.0 Å². The van der Waals surface area contributed by atoms with Gasteiger partial charge in [0.1, 0.15) is 4.32 Å². The highest BCUT2D eigenvalue weighted by atomic mass is 32.2. The minimum absolute atomic E-state index is 0.00957. The van der Waals surface area contributed by atoms with Gasteiger partial charge in [-0.25, -0.2) is 0 Å². The van der Waals surface area contributed by atoms with Crippen molar-refractivity contribution in [1.82, 2.24) is 4.90 Å². The van der Waals surface area contributed by atoms with Gasteiger partial charge in [0.25, 0.3) is 0 Å². The number of hydrogen-bond acceptors (Lipinski definition) is 5. The first-order valence-corrected chi connectivity index (χ1v) is 16.7. The standard InChI is InChI=1S/C26H41NO3S2Si/c1-5-9-10-14-21(30-33(6-2,7-3)8-4)17-20(28)18-24(29)27-25-22-15-12-11-13-19(22)16-23(25)32-26(27)31/h11-13,15,20-21,23,25,28H,5-10,14,16-18H2,1-4H3/t20-,21+,23-,25+/m0/s1. The number of rotatable bonds is 13. The molecule has 1 aliphatic heterocycles. The van der Waals surface area contributed by atoms with Crippen LogP contribution < -0.4 is 0 Å². The number of aliphatic hydroxyl groups excluding tert-OH is 1. The van der Waals surface area contributed by atoms with Crippen LogP contribution in [-0.4, -0.2) is 46.0 Å². The Labute approximate surface area is 211 Å². The maximum Gasteiger partial charge on any atom is 0.231 e. The molecule has 0 bridgehead atoms. The molecule has 1 amide bonds. The first-order chi connectivity index (χ1) is 15.9. The summed E-state index contributed by atoms with van der Waals surface area (Å²) >= 11 is 7.23. The molecule has 33 heavy (non-hydrogen) atoms. The van der Waals surface area contributed by atoms with E-state index in [-0.39, 0.29) is 24.5 Å². The van der Waals surface area contributed by atoms with Crippen molar-refractivity contribution in [1.29, 1.82) is 0 Å². The zero-order chi connectivity index (χ0) is 24.0. The van der Waals surface area contributed by atoms with Crippen molar-refractivity contribution >= 4 is 42.5 Å². The first-order valence-electron chi connectivity index (χ1n) is 12.8. The van der Waals surface area contributed by atoms with E-state index in [0.717, 1.165) is 37.4 Å². The molecule has 0 aromatic heterocycles. The maximum atomic E-state index is 13.3. The Kier molecular flexibility index (Phi) is 10.0. The fraction of sp³-hybridized carbons (Fsp3) is 0.692. The lowest BCUT2D eigenvalue weighted by molar-refractivity contribution is -0.130. The molecule has 2 aliphatic rings. The van der Waals surface area contributed by atoms with E-state index in [0.29, 0.717) is 16.0 Å². The second kappa shape index (κ2) is 12.3. The lowest BCUT2D eigenvalue weighted by atomic mass is 10.0. The van der Waals surface area contributed by atoms with Crippen LogP contribution in [0.5, 0.6) is 0 Å². The molecule has 3 rings (SSSR count). The number of benzene rings is 1. The molecule has 0 saturated carbocycles. The van der Waals surface area contributed by atoms with Gasteiger partial charge in [0.15, 0.2) is 8.32 Å². The molecule has 4 atom stereocenters. The fourth-order valence-corrected chi connectivity index (χ4v) is 10.1. The normalized spacial score (nSPS) is 21.7. The minimum Gasteiger partial charge on any atom is -0.414 e. The summed E-state index contributed by atoms with van der Waals surface area (Å²) in [6, 6.07) is 11.7. The molecule has 0 spiro atoms. The molecule has 0 radical (unpaired) electrons. The smallest absolute Gasteiger partial charge is 0.231 e. The molecule has 4 nitrogen and oxygen atoms in total. The summed E-state index contributed by atoms with van der Waals surface area (Å²) in [4.78, 5) is 15.1. The third-order valence-corrected chi connectivity index (χ3v) is 13.9. The number of amides is 1. The molecule has 1 heterocycles. The van der Waals surface area contributed by atoms with Gasteiger partial charge >= 0.3 is 0 Å². The third kappa shape index (κ3) is 6.29. The van der Waals surface area contributed by atoms with Gasteiger partial charge in [0.2, 0.25) is 5.91 Å². The van der Waals surface area contributed by atoms with Crippen molar-refractivity contribution in [2.24, 2.45) is 0 Å². The molecule has 1 aromatic carbocycles. The van der Waals surface area contributed by atoms with E-state index in [9.17, 15) is 9.90 Å². The van der Waals surface area contributed by atoms with Crippen LogP contribution in [0.1, 0.15) is 83.4 Å². The number of thioether (sulfide) groups is 1. The Hall–Kier alpha value is -0.733. The van der Waals surface area contributed by atoms with Crippen LogP contribution in [0, 0.1) is 0 Å². The molecule has 1 aromatic rings. The lowest BCUT2D eigenvalue weighted by Crippen LogP contribution is -2.42. The summed E-state index contributed by atoms with van der Waals surface area (Å²) in [7, 11) is -1.77. The van der Waals surface area contributed by atoms with Crippen LogP contribution in [0.4, 0.5) is 0 Å². The number of hydrogen-bond donors (Lipinski definition) is 1. The number of thiocarbonyl (C=S) groups is 1. The van der Waals surface area contributed by atoms with E-state index in [4.69, 9.17) is 16.6 Å². The van der Waals surface area contributed by atoms with Gasteiger partial charge in [-0.3, -0.25) is 9.69 Å². The Morgan fingerprint density at radius 1 is 1.21 bits per heavy atom. The summed E-state index contributed by atoms with van der Waals surface area (Å²) < 4.78 is 7.43. The van der Waals surface area contributed by atoms with Crippen molar-refractivity contribution in [3.8, 4) is 0 Å². The number of aliphatic hydroxyl groups is 1. The minimum atomic E-state index is -1.77. The van der Waals surface area contributed by atoms with Crippen LogP contribution >= 0.6 is 24.0 Å². The molecule has 184 valence electrons.